The molecule has 106 valence electrons. The first kappa shape index (κ1) is 15.4. The van der Waals surface area contributed by atoms with Crippen LogP contribution >= 0.6 is 34.5 Å². The first-order chi connectivity index (χ1) is 9.38. The predicted octanol–water partition coefficient (Wildman–Crippen LogP) is 5.24. The van der Waals surface area contributed by atoms with E-state index in [1.165, 1.54) is 16.9 Å². The highest BCUT2D eigenvalue weighted by molar-refractivity contribution is 7.20. The summed E-state index contributed by atoms with van der Waals surface area (Å²) in [6.07, 6.45) is 0. The van der Waals surface area contributed by atoms with Gasteiger partial charge in [-0.05, 0) is 38.0 Å². The summed E-state index contributed by atoms with van der Waals surface area (Å²) in [6.45, 7) is 5.92. The van der Waals surface area contributed by atoms with Crippen molar-refractivity contribution in [2.24, 2.45) is 0 Å². The number of thiophene rings is 1. The fourth-order valence-corrected chi connectivity index (χ4v) is 3.64. The van der Waals surface area contributed by atoms with Gasteiger partial charge < -0.3 is 4.74 Å². The number of hydrogen-bond acceptors (Lipinski definition) is 3. The lowest BCUT2D eigenvalue weighted by Crippen LogP contribution is -2.12. The molecule has 2 rings (SSSR count). The van der Waals surface area contributed by atoms with Gasteiger partial charge in [0.05, 0.1) is 9.90 Å². The Morgan fingerprint density at radius 3 is 2.25 bits per heavy atom. The van der Waals surface area contributed by atoms with Crippen LogP contribution in [0.25, 0.3) is 0 Å². The van der Waals surface area contributed by atoms with E-state index in [2.05, 4.69) is 0 Å². The molecular formula is C15H14Cl2O2S. The van der Waals surface area contributed by atoms with E-state index in [1.807, 2.05) is 32.9 Å². The summed E-state index contributed by atoms with van der Waals surface area (Å²) in [5.74, 6) is 0.582. The van der Waals surface area contributed by atoms with Crippen molar-refractivity contribution in [2.75, 3.05) is 6.61 Å². The zero-order chi connectivity index (χ0) is 14.9. The van der Waals surface area contributed by atoms with Crippen LogP contribution in [0.2, 0.25) is 8.67 Å². The summed E-state index contributed by atoms with van der Waals surface area (Å²) in [6, 6.07) is 5.64. The summed E-state index contributed by atoms with van der Waals surface area (Å²) >= 11 is 13.0. The van der Waals surface area contributed by atoms with Crippen LogP contribution in [0.1, 0.15) is 27.0 Å². The molecule has 0 bridgehead atoms. The van der Waals surface area contributed by atoms with Crippen LogP contribution in [0.15, 0.2) is 18.2 Å². The molecule has 0 fully saturated rings. The van der Waals surface area contributed by atoms with Gasteiger partial charge in [-0.2, -0.15) is 0 Å². The number of halogens is 2. The molecule has 1 aromatic heterocycles. The number of carbonyl (C=O) groups is 1. The summed E-state index contributed by atoms with van der Waals surface area (Å²) in [5.41, 5.74) is 3.63. The van der Waals surface area contributed by atoms with Crippen molar-refractivity contribution in [3.05, 3.63) is 49.1 Å². The third-order valence-corrected chi connectivity index (χ3v) is 4.40. The molecule has 0 aliphatic carbocycles. The smallest absolute Gasteiger partial charge is 0.202 e. The van der Waals surface area contributed by atoms with Gasteiger partial charge in [0.2, 0.25) is 5.78 Å². The standard InChI is InChI=1S/C15H14Cl2O2S/c1-8-4-9(2)14(10(3)5-8)19-7-12(18)11-6-13(16)20-15(11)17/h4-6H,7H2,1-3H3. The van der Waals surface area contributed by atoms with Crippen molar-refractivity contribution in [2.45, 2.75) is 20.8 Å². The Hall–Kier alpha value is -1.03. The van der Waals surface area contributed by atoms with E-state index in [0.717, 1.165) is 16.9 Å². The highest BCUT2D eigenvalue weighted by Gasteiger charge is 2.16. The molecule has 5 heteroatoms. The minimum Gasteiger partial charge on any atom is -0.485 e. The van der Waals surface area contributed by atoms with Crippen LogP contribution in [0.5, 0.6) is 5.75 Å². The average molecular weight is 329 g/mol. The molecule has 0 spiro atoms. The zero-order valence-electron chi connectivity index (χ0n) is 11.4. The maximum absolute atomic E-state index is 12.1. The van der Waals surface area contributed by atoms with E-state index in [-0.39, 0.29) is 12.4 Å². The number of carbonyl (C=O) groups excluding carboxylic acids is 1. The fraction of sp³-hybridized carbons (Fsp3) is 0.267. The second-order valence-electron chi connectivity index (χ2n) is 4.68. The maximum atomic E-state index is 12.1. The van der Waals surface area contributed by atoms with Gasteiger partial charge in [0.1, 0.15) is 10.1 Å². The fourth-order valence-electron chi connectivity index (χ4n) is 2.14. The SMILES string of the molecule is Cc1cc(C)c(OCC(=O)c2cc(Cl)sc2Cl)c(C)c1. The average Bonchev–Trinajstić information content (AvgIpc) is 2.66. The molecule has 1 aromatic carbocycles. The van der Waals surface area contributed by atoms with Crippen LogP contribution in [-0.2, 0) is 0 Å². The van der Waals surface area contributed by atoms with Crippen molar-refractivity contribution in [1.82, 2.24) is 0 Å². The van der Waals surface area contributed by atoms with Crippen molar-refractivity contribution in [1.29, 1.82) is 0 Å². The quantitative estimate of drug-likeness (QED) is 0.717. The summed E-state index contributed by atoms with van der Waals surface area (Å²) in [5, 5.41) is 0. The van der Waals surface area contributed by atoms with E-state index in [4.69, 9.17) is 27.9 Å². The molecule has 1 heterocycles. The van der Waals surface area contributed by atoms with E-state index in [1.54, 1.807) is 6.07 Å². The summed E-state index contributed by atoms with van der Waals surface area (Å²) in [4.78, 5) is 12.1. The Balaban J connectivity index is 2.13. The molecule has 2 aromatic rings. The van der Waals surface area contributed by atoms with Crippen molar-refractivity contribution < 1.29 is 9.53 Å². The molecule has 0 N–H and O–H groups in total. The monoisotopic (exact) mass is 328 g/mol. The van der Waals surface area contributed by atoms with E-state index in [0.29, 0.717) is 14.2 Å². The highest BCUT2D eigenvalue weighted by Crippen LogP contribution is 2.32. The first-order valence-corrected chi connectivity index (χ1v) is 7.64. The second kappa shape index (κ2) is 6.17. The third kappa shape index (κ3) is 3.35. The lowest BCUT2D eigenvalue weighted by Gasteiger charge is -2.12. The van der Waals surface area contributed by atoms with Gasteiger partial charge in [-0.3, -0.25) is 4.79 Å². The number of Topliss-reactive ketones (excluding diaryl/α,β-unsaturated/α-hetero) is 1. The van der Waals surface area contributed by atoms with Gasteiger partial charge in [0.15, 0.2) is 6.61 Å². The van der Waals surface area contributed by atoms with Gasteiger partial charge in [0.25, 0.3) is 0 Å². The van der Waals surface area contributed by atoms with Gasteiger partial charge >= 0.3 is 0 Å². The molecule has 20 heavy (non-hydrogen) atoms. The number of aryl methyl sites for hydroxylation is 3. The normalized spacial score (nSPS) is 10.7. The summed E-state index contributed by atoms with van der Waals surface area (Å²) < 4.78 is 6.56. The summed E-state index contributed by atoms with van der Waals surface area (Å²) in [7, 11) is 0. The van der Waals surface area contributed by atoms with Crippen LogP contribution in [0, 0.1) is 20.8 Å². The topological polar surface area (TPSA) is 26.3 Å². The number of ketones is 1. The van der Waals surface area contributed by atoms with E-state index in [9.17, 15) is 4.79 Å². The molecular weight excluding hydrogens is 315 g/mol. The van der Waals surface area contributed by atoms with Crippen LogP contribution in [-0.4, -0.2) is 12.4 Å². The van der Waals surface area contributed by atoms with Crippen LogP contribution < -0.4 is 4.74 Å². The van der Waals surface area contributed by atoms with Crippen molar-refractivity contribution in [3.63, 3.8) is 0 Å². The van der Waals surface area contributed by atoms with E-state index < -0.39 is 0 Å². The third-order valence-electron chi connectivity index (χ3n) is 2.91. The minimum absolute atomic E-state index is 0.0441. The van der Waals surface area contributed by atoms with Crippen LogP contribution in [0.3, 0.4) is 0 Å². The predicted molar refractivity (Wildman–Crippen MR) is 84.8 cm³/mol. The Bertz CT molecular complexity index is 639. The van der Waals surface area contributed by atoms with Gasteiger partial charge in [-0.15, -0.1) is 11.3 Å². The molecule has 0 radical (unpaired) electrons. The second-order valence-corrected chi connectivity index (χ2v) is 6.96. The minimum atomic E-state index is -0.169. The number of hydrogen-bond donors (Lipinski definition) is 0. The Kier molecular flexibility index (Phi) is 4.74. The first-order valence-electron chi connectivity index (χ1n) is 6.07. The van der Waals surface area contributed by atoms with Crippen molar-refractivity contribution in [3.8, 4) is 5.75 Å². The molecule has 0 saturated carbocycles. The zero-order valence-corrected chi connectivity index (χ0v) is 13.7. The Morgan fingerprint density at radius 1 is 1.15 bits per heavy atom. The number of rotatable bonds is 4. The van der Waals surface area contributed by atoms with E-state index >= 15 is 0 Å². The van der Waals surface area contributed by atoms with Gasteiger partial charge in [-0.1, -0.05) is 40.9 Å². The molecule has 0 saturated heterocycles. The Morgan fingerprint density at radius 2 is 1.75 bits per heavy atom. The molecule has 0 amide bonds. The lowest BCUT2D eigenvalue weighted by molar-refractivity contribution is 0.0921. The number of benzene rings is 1. The number of ether oxygens (including phenoxy) is 1. The maximum Gasteiger partial charge on any atom is 0.202 e. The molecule has 0 unspecified atom stereocenters. The largest absolute Gasteiger partial charge is 0.485 e. The lowest BCUT2D eigenvalue weighted by atomic mass is 10.1. The molecule has 0 aliphatic heterocycles. The molecule has 0 aliphatic rings. The van der Waals surface area contributed by atoms with Gasteiger partial charge in [-0.25, -0.2) is 0 Å². The van der Waals surface area contributed by atoms with Gasteiger partial charge in [0, 0.05) is 0 Å². The molecule has 2 nitrogen and oxygen atoms in total. The highest BCUT2D eigenvalue weighted by atomic mass is 35.5. The van der Waals surface area contributed by atoms with Crippen molar-refractivity contribution >= 4 is 40.3 Å². The molecule has 0 atom stereocenters. The Labute approximate surface area is 132 Å². The van der Waals surface area contributed by atoms with Crippen LogP contribution in [0.4, 0.5) is 0 Å².